The van der Waals surface area contributed by atoms with Crippen molar-refractivity contribution in [2.45, 2.75) is 0 Å². The lowest BCUT2D eigenvalue weighted by Crippen LogP contribution is -2.37. The fraction of sp³-hybridized carbons (Fsp3) is 0. The van der Waals surface area contributed by atoms with Crippen LogP contribution in [-0.2, 0) is 10.2 Å². The van der Waals surface area contributed by atoms with Gasteiger partial charge in [0.25, 0.3) is 5.91 Å². The molecule has 1 amide bonds. The third-order valence-electron chi connectivity index (χ3n) is 1.57. The minimum absolute atomic E-state index is 0.0926. The standard InChI is InChI=1S/C8H7N3O3S2/c9-16(13,14)11(10-6-15)8(12)7-4-2-1-3-5-7/h1-5H,(H2,9,13,14). The van der Waals surface area contributed by atoms with Gasteiger partial charge in [0.2, 0.25) is 0 Å². The summed E-state index contributed by atoms with van der Waals surface area (Å²) in [7, 11) is -4.29. The second-order valence-electron chi connectivity index (χ2n) is 2.65. The smallest absolute Gasteiger partial charge is 0.266 e. The molecule has 0 aromatic heterocycles. The summed E-state index contributed by atoms with van der Waals surface area (Å²) < 4.78 is 22.2. The van der Waals surface area contributed by atoms with Crippen molar-refractivity contribution in [1.29, 1.82) is 0 Å². The maximum Gasteiger partial charge on any atom is 0.321 e. The first kappa shape index (κ1) is 12.5. The first-order chi connectivity index (χ1) is 7.46. The fourth-order valence-corrected chi connectivity index (χ4v) is 1.57. The lowest BCUT2D eigenvalue weighted by atomic mass is 10.2. The molecule has 0 saturated carbocycles. The maximum absolute atomic E-state index is 11.7. The predicted octanol–water partition coefficient (Wildman–Crippen LogP) is 0.350. The van der Waals surface area contributed by atoms with Crippen LogP contribution in [0.1, 0.15) is 10.4 Å². The largest absolute Gasteiger partial charge is 0.321 e. The van der Waals surface area contributed by atoms with E-state index in [4.69, 9.17) is 5.14 Å². The van der Waals surface area contributed by atoms with Crippen LogP contribution in [0.3, 0.4) is 0 Å². The van der Waals surface area contributed by atoms with Gasteiger partial charge in [-0.2, -0.15) is 8.42 Å². The Labute approximate surface area is 97.5 Å². The highest BCUT2D eigenvalue weighted by Gasteiger charge is 2.24. The van der Waals surface area contributed by atoms with E-state index in [1.807, 2.05) is 0 Å². The Bertz CT molecular complexity index is 535. The SMILES string of the molecule is NS(=O)(=O)N(N=C=S)C(=O)c1ccccc1. The molecule has 1 rings (SSSR count). The predicted molar refractivity (Wildman–Crippen MR) is 60.7 cm³/mol. The molecule has 0 fully saturated rings. The molecule has 0 unspecified atom stereocenters. The number of thiocarbonyl (C=S) groups is 1. The number of carbonyl (C=O) groups excluding carboxylic acids is 1. The summed E-state index contributed by atoms with van der Waals surface area (Å²) in [5.41, 5.74) is 0.130. The number of nitrogens with zero attached hydrogens (tertiary/aromatic N) is 2. The Morgan fingerprint density at radius 2 is 1.94 bits per heavy atom. The zero-order valence-corrected chi connectivity index (χ0v) is 9.53. The molecule has 0 spiro atoms. The van der Waals surface area contributed by atoms with Gasteiger partial charge in [0.05, 0.1) is 5.16 Å². The van der Waals surface area contributed by atoms with E-state index in [1.54, 1.807) is 23.4 Å². The maximum atomic E-state index is 11.7. The molecule has 16 heavy (non-hydrogen) atoms. The van der Waals surface area contributed by atoms with Crippen LogP contribution < -0.4 is 5.14 Å². The number of nitrogens with two attached hydrogens (primary N) is 1. The van der Waals surface area contributed by atoms with Gasteiger partial charge in [-0.05, 0) is 24.4 Å². The number of hydrogen-bond acceptors (Lipinski definition) is 5. The molecule has 0 atom stereocenters. The minimum Gasteiger partial charge on any atom is -0.266 e. The van der Waals surface area contributed by atoms with Gasteiger partial charge in [-0.1, -0.05) is 27.7 Å². The molecule has 0 radical (unpaired) electrons. The van der Waals surface area contributed by atoms with Crippen molar-refractivity contribution in [1.82, 2.24) is 4.41 Å². The molecule has 6 nitrogen and oxygen atoms in total. The summed E-state index contributed by atoms with van der Waals surface area (Å²) in [6.07, 6.45) is 0. The summed E-state index contributed by atoms with van der Waals surface area (Å²) in [4.78, 5) is 11.7. The van der Waals surface area contributed by atoms with E-state index in [1.165, 1.54) is 12.1 Å². The highest BCUT2D eigenvalue weighted by Crippen LogP contribution is 2.07. The number of carbonyl (C=O) groups is 1. The van der Waals surface area contributed by atoms with Gasteiger partial charge in [0, 0.05) is 5.56 Å². The average Bonchev–Trinajstić information content (AvgIpc) is 2.25. The van der Waals surface area contributed by atoms with Crippen LogP contribution in [0.25, 0.3) is 0 Å². The highest BCUT2D eigenvalue weighted by atomic mass is 32.2. The van der Waals surface area contributed by atoms with Crippen LogP contribution in [0.15, 0.2) is 35.4 Å². The van der Waals surface area contributed by atoms with Crippen molar-refractivity contribution in [3.05, 3.63) is 35.9 Å². The molecule has 2 N–H and O–H groups in total. The van der Waals surface area contributed by atoms with Crippen molar-refractivity contribution in [3.8, 4) is 0 Å². The number of hydrogen-bond donors (Lipinski definition) is 1. The summed E-state index contributed by atoms with van der Waals surface area (Å²) in [6.45, 7) is 0. The van der Waals surface area contributed by atoms with E-state index in [2.05, 4.69) is 17.3 Å². The third-order valence-corrected chi connectivity index (χ3v) is 2.38. The van der Waals surface area contributed by atoms with Gasteiger partial charge in [-0.25, -0.2) is 5.14 Å². The Hall–Kier alpha value is -1.60. The van der Waals surface area contributed by atoms with Crippen LogP contribution in [0, 0.1) is 0 Å². The van der Waals surface area contributed by atoms with Crippen molar-refractivity contribution < 1.29 is 13.2 Å². The summed E-state index contributed by atoms with van der Waals surface area (Å²) >= 11 is 4.24. The second-order valence-corrected chi connectivity index (χ2v) is 4.21. The van der Waals surface area contributed by atoms with E-state index in [9.17, 15) is 13.2 Å². The first-order valence-corrected chi connectivity index (χ1v) is 5.88. The zero-order chi connectivity index (χ0) is 12.2. The van der Waals surface area contributed by atoms with E-state index >= 15 is 0 Å². The molecule has 8 heteroatoms. The normalized spacial score (nSPS) is 10.3. The van der Waals surface area contributed by atoms with Gasteiger partial charge in [0.15, 0.2) is 0 Å². The first-order valence-electron chi connectivity index (χ1n) is 3.97. The van der Waals surface area contributed by atoms with Crippen LogP contribution in [0.2, 0.25) is 0 Å². The molecule has 0 aliphatic carbocycles. The number of amides is 1. The third kappa shape index (κ3) is 2.94. The Kier molecular flexibility index (Phi) is 3.86. The van der Waals surface area contributed by atoms with Crippen molar-refractivity contribution in [2.75, 3.05) is 0 Å². The fourth-order valence-electron chi connectivity index (χ4n) is 0.946. The van der Waals surface area contributed by atoms with Crippen LogP contribution in [0.5, 0.6) is 0 Å². The van der Waals surface area contributed by atoms with E-state index in [-0.39, 0.29) is 9.98 Å². The van der Waals surface area contributed by atoms with Crippen molar-refractivity contribution in [2.24, 2.45) is 10.2 Å². The van der Waals surface area contributed by atoms with Crippen LogP contribution in [0.4, 0.5) is 0 Å². The zero-order valence-electron chi connectivity index (χ0n) is 7.90. The lowest BCUT2D eigenvalue weighted by Gasteiger charge is -2.11. The molecule has 1 aromatic rings. The minimum atomic E-state index is -4.29. The molecule has 0 bridgehead atoms. The number of rotatable bonds is 3. The average molecular weight is 257 g/mol. The van der Waals surface area contributed by atoms with Crippen LogP contribution >= 0.6 is 12.2 Å². The highest BCUT2D eigenvalue weighted by molar-refractivity contribution is 7.87. The van der Waals surface area contributed by atoms with Crippen LogP contribution in [-0.4, -0.2) is 23.9 Å². The number of isothiocyanates is 1. The number of hydrazone groups is 1. The molecule has 84 valence electrons. The summed E-state index contributed by atoms with van der Waals surface area (Å²) in [5, 5.41) is 9.69. The quantitative estimate of drug-likeness (QED) is 0.480. The number of benzene rings is 1. The Morgan fingerprint density at radius 1 is 1.38 bits per heavy atom. The topological polar surface area (TPSA) is 92.8 Å². The molecular weight excluding hydrogens is 250 g/mol. The van der Waals surface area contributed by atoms with Gasteiger partial charge in [-0.3, -0.25) is 4.79 Å². The summed E-state index contributed by atoms with van der Waals surface area (Å²) in [6, 6.07) is 7.70. The molecular formula is C8H7N3O3S2. The molecule has 0 heterocycles. The molecule has 0 aliphatic rings. The van der Waals surface area contributed by atoms with E-state index in [0.717, 1.165) is 0 Å². The molecule has 0 saturated heterocycles. The molecule has 1 aromatic carbocycles. The Morgan fingerprint density at radius 3 is 2.38 bits per heavy atom. The Balaban J connectivity index is 3.17. The van der Waals surface area contributed by atoms with Gasteiger partial charge in [-0.15, -0.1) is 0 Å². The second kappa shape index (κ2) is 4.95. The lowest BCUT2D eigenvalue weighted by molar-refractivity contribution is 0.0865. The summed E-state index contributed by atoms with van der Waals surface area (Å²) in [5.74, 6) is -0.888. The van der Waals surface area contributed by atoms with Gasteiger partial charge >= 0.3 is 10.2 Å². The van der Waals surface area contributed by atoms with Crippen molar-refractivity contribution in [3.63, 3.8) is 0 Å². The van der Waals surface area contributed by atoms with Crippen molar-refractivity contribution >= 4 is 33.5 Å². The molecule has 0 aliphatic heterocycles. The van der Waals surface area contributed by atoms with E-state index in [0.29, 0.717) is 0 Å². The van der Waals surface area contributed by atoms with Gasteiger partial charge < -0.3 is 0 Å². The van der Waals surface area contributed by atoms with Gasteiger partial charge in [0.1, 0.15) is 0 Å². The van der Waals surface area contributed by atoms with E-state index < -0.39 is 16.1 Å². The monoisotopic (exact) mass is 257 g/mol.